The molecular formula is C14H9BrF3NO4S. The van der Waals surface area contributed by atoms with Crippen LogP contribution in [0.4, 0.5) is 18.9 Å². The van der Waals surface area contributed by atoms with Gasteiger partial charge in [0.15, 0.2) is 0 Å². The molecule has 0 spiro atoms. The number of benzene rings is 2. The summed E-state index contributed by atoms with van der Waals surface area (Å²) in [6, 6.07) is 7.17. The first-order chi connectivity index (χ1) is 11.0. The number of sulfonamides is 1. The summed E-state index contributed by atoms with van der Waals surface area (Å²) in [5, 5.41) is 8.77. The van der Waals surface area contributed by atoms with Crippen LogP contribution in [0.2, 0.25) is 0 Å². The molecule has 2 rings (SSSR count). The van der Waals surface area contributed by atoms with E-state index in [1.807, 2.05) is 4.72 Å². The number of carboxylic acids is 1. The second kappa shape index (κ2) is 6.44. The molecule has 0 aromatic heterocycles. The fourth-order valence-electron chi connectivity index (χ4n) is 1.80. The predicted octanol–water partition coefficient (Wildman–Crippen LogP) is 3.97. The molecule has 0 aliphatic carbocycles. The van der Waals surface area contributed by atoms with Crippen molar-refractivity contribution in [1.29, 1.82) is 0 Å². The van der Waals surface area contributed by atoms with E-state index in [-0.39, 0.29) is 20.6 Å². The van der Waals surface area contributed by atoms with Gasteiger partial charge in [-0.1, -0.05) is 15.9 Å². The maximum atomic E-state index is 12.8. The van der Waals surface area contributed by atoms with E-state index in [0.29, 0.717) is 6.07 Å². The van der Waals surface area contributed by atoms with Gasteiger partial charge in [0.25, 0.3) is 10.0 Å². The first-order valence-electron chi connectivity index (χ1n) is 6.23. The molecule has 5 nitrogen and oxygen atoms in total. The lowest BCUT2D eigenvalue weighted by Crippen LogP contribution is -2.14. The van der Waals surface area contributed by atoms with Crippen LogP contribution in [0.1, 0.15) is 15.9 Å². The molecule has 2 aromatic carbocycles. The number of alkyl halides is 3. The molecule has 0 amide bonds. The molecule has 0 saturated carbocycles. The zero-order valence-corrected chi connectivity index (χ0v) is 14.0. The minimum atomic E-state index is -4.65. The SMILES string of the molecule is O=C(O)c1ccc(S(=O)(=O)Nc2ccc(Br)c(C(F)(F)F)c2)cc1. The standard InChI is InChI=1S/C14H9BrF3NO4S/c15-12-6-3-9(7-11(12)14(16,17)18)19-24(22,23)10-4-1-8(2-5-10)13(20)21/h1-7,19H,(H,20,21). The number of aromatic carboxylic acids is 1. The summed E-state index contributed by atoms with van der Waals surface area (Å²) in [5.41, 5.74) is -1.41. The third-order valence-corrected chi connectivity index (χ3v) is 5.02. The summed E-state index contributed by atoms with van der Waals surface area (Å²) < 4.78 is 64.7. The monoisotopic (exact) mass is 423 g/mol. The van der Waals surface area contributed by atoms with Crippen LogP contribution < -0.4 is 4.72 Å². The van der Waals surface area contributed by atoms with Crippen LogP contribution in [-0.2, 0) is 16.2 Å². The molecule has 10 heteroatoms. The van der Waals surface area contributed by atoms with E-state index in [9.17, 15) is 26.4 Å². The Kier molecular flexibility index (Phi) is 4.90. The Morgan fingerprint density at radius 1 is 1.08 bits per heavy atom. The van der Waals surface area contributed by atoms with E-state index in [1.165, 1.54) is 6.07 Å². The van der Waals surface area contributed by atoms with Gasteiger partial charge in [0.05, 0.1) is 16.0 Å². The molecule has 2 N–H and O–H groups in total. The van der Waals surface area contributed by atoms with Crippen molar-refractivity contribution in [3.63, 3.8) is 0 Å². The van der Waals surface area contributed by atoms with Crippen molar-refractivity contribution < 1.29 is 31.5 Å². The van der Waals surface area contributed by atoms with E-state index in [2.05, 4.69) is 15.9 Å². The van der Waals surface area contributed by atoms with Crippen molar-refractivity contribution >= 4 is 37.6 Å². The lowest BCUT2D eigenvalue weighted by molar-refractivity contribution is -0.138. The number of hydrogen-bond donors (Lipinski definition) is 2. The van der Waals surface area contributed by atoms with Crippen LogP contribution >= 0.6 is 15.9 Å². The Labute approximate surface area is 143 Å². The number of nitrogens with one attached hydrogen (secondary N) is 1. The molecule has 24 heavy (non-hydrogen) atoms. The van der Waals surface area contributed by atoms with Gasteiger partial charge in [-0.25, -0.2) is 13.2 Å². The van der Waals surface area contributed by atoms with Crippen molar-refractivity contribution in [2.24, 2.45) is 0 Å². The molecule has 0 heterocycles. The number of rotatable bonds is 4. The van der Waals surface area contributed by atoms with E-state index in [1.54, 1.807) is 0 Å². The summed E-state index contributed by atoms with van der Waals surface area (Å²) in [6.45, 7) is 0. The van der Waals surface area contributed by atoms with Crippen LogP contribution in [0, 0.1) is 0 Å². The van der Waals surface area contributed by atoms with E-state index < -0.39 is 27.7 Å². The highest BCUT2D eigenvalue weighted by Crippen LogP contribution is 2.36. The number of carbonyl (C=O) groups is 1. The molecule has 0 aliphatic heterocycles. The predicted molar refractivity (Wildman–Crippen MR) is 83.4 cm³/mol. The van der Waals surface area contributed by atoms with Crippen molar-refractivity contribution in [3.8, 4) is 0 Å². The quantitative estimate of drug-likeness (QED) is 0.779. The molecule has 0 aliphatic rings. The largest absolute Gasteiger partial charge is 0.478 e. The fraction of sp³-hybridized carbons (Fsp3) is 0.0714. The van der Waals surface area contributed by atoms with Gasteiger partial charge in [0, 0.05) is 10.2 Å². The zero-order chi connectivity index (χ0) is 18.1. The number of hydrogen-bond acceptors (Lipinski definition) is 3. The fourth-order valence-corrected chi connectivity index (χ4v) is 3.32. The number of anilines is 1. The first-order valence-corrected chi connectivity index (χ1v) is 8.51. The van der Waals surface area contributed by atoms with E-state index in [4.69, 9.17) is 5.11 Å². The molecule has 0 bridgehead atoms. The van der Waals surface area contributed by atoms with Crippen molar-refractivity contribution in [3.05, 3.63) is 58.1 Å². The Morgan fingerprint density at radius 3 is 2.17 bits per heavy atom. The van der Waals surface area contributed by atoms with Crippen molar-refractivity contribution in [1.82, 2.24) is 0 Å². The Bertz CT molecular complexity index is 880. The van der Waals surface area contributed by atoms with Gasteiger partial charge in [0.1, 0.15) is 0 Å². The smallest absolute Gasteiger partial charge is 0.417 e. The lowest BCUT2D eigenvalue weighted by atomic mass is 10.2. The summed E-state index contributed by atoms with van der Waals surface area (Å²) >= 11 is 2.76. The van der Waals surface area contributed by atoms with Crippen molar-refractivity contribution in [2.45, 2.75) is 11.1 Å². The van der Waals surface area contributed by atoms with Crippen LogP contribution in [0.15, 0.2) is 51.8 Å². The van der Waals surface area contributed by atoms with Gasteiger partial charge in [-0.2, -0.15) is 13.2 Å². The highest BCUT2D eigenvalue weighted by atomic mass is 79.9. The van der Waals surface area contributed by atoms with E-state index >= 15 is 0 Å². The summed E-state index contributed by atoms with van der Waals surface area (Å²) in [4.78, 5) is 10.5. The molecule has 128 valence electrons. The van der Waals surface area contributed by atoms with Gasteiger partial charge >= 0.3 is 12.1 Å². The van der Waals surface area contributed by atoms with Crippen molar-refractivity contribution in [2.75, 3.05) is 4.72 Å². The molecule has 0 saturated heterocycles. The molecule has 2 aromatic rings. The van der Waals surface area contributed by atoms with E-state index in [0.717, 1.165) is 30.3 Å². The van der Waals surface area contributed by atoms with Gasteiger partial charge in [-0.3, -0.25) is 4.72 Å². The normalized spacial score (nSPS) is 12.0. The summed E-state index contributed by atoms with van der Waals surface area (Å²) in [6.07, 6.45) is -4.65. The average molecular weight is 424 g/mol. The maximum absolute atomic E-state index is 12.8. The Balaban J connectivity index is 2.34. The Hall–Kier alpha value is -2.07. The summed E-state index contributed by atoms with van der Waals surface area (Å²) in [7, 11) is -4.16. The molecule has 0 fully saturated rings. The highest BCUT2D eigenvalue weighted by Gasteiger charge is 2.33. The van der Waals surface area contributed by atoms with Gasteiger partial charge in [-0.05, 0) is 42.5 Å². The van der Waals surface area contributed by atoms with Gasteiger partial charge in [-0.15, -0.1) is 0 Å². The molecular weight excluding hydrogens is 415 g/mol. The third kappa shape index (κ3) is 4.06. The second-order valence-corrected chi connectivity index (χ2v) is 7.16. The summed E-state index contributed by atoms with van der Waals surface area (Å²) in [5.74, 6) is -1.23. The van der Waals surface area contributed by atoms with Gasteiger partial charge in [0.2, 0.25) is 0 Å². The first kappa shape index (κ1) is 18.3. The number of halogens is 4. The zero-order valence-electron chi connectivity index (χ0n) is 11.6. The second-order valence-electron chi connectivity index (χ2n) is 4.63. The average Bonchev–Trinajstić information content (AvgIpc) is 2.48. The lowest BCUT2D eigenvalue weighted by Gasteiger charge is -2.13. The third-order valence-electron chi connectivity index (χ3n) is 2.94. The molecule has 0 unspecified atom stereocenters. The van der Waals surface area contributed by atoms with Crippen LogP contribution in [0.25, 0.3) is 0 Å². The van der Waals surface area contributed by atoms with Crippen LogP contribution in [0.5, 0.6) is 0 Å². The molecule has 0 radical (unpaired) electrons. The topological polar surface area (TPSA) is 83.5 Å². The van der Waals surface area contributed by atoms with Crippen LogP contribution in [0.3, 0.4) is 0 Å². The number of carboxylic acid groups (broad SMARTS) is 1. The molecule has 0 atom stereocenters. The Morgan fingerprint density at radius 2 is 1.67 bits per heavy atom. The minimum absolute atomic E-state index is 0.114. The van der Waals surface area contributed by atoms with Crippen LogP contribution in [-0.4, -0.2) is 19.5 Å². The highest BCUT2D eigenvalue weighted by molar-refractivity contribution is 9.10. The minimum Gasteiger partial charge on any atom is -0.478 e. The van der Waals surface area contributed by atoms with Gasteiger partial charge < -0.3 is 5.11 Å². The maximum Gasteiger partial charge on any atom is 0.417 e.